The van der Waals surface area contributed by atoms with Crippen LogP contribution >= 0.6 is 0 Å². The van der Waals surface area contributed by atoms with Crippen LogP contribution < -0.4 is 10.3 Å². The molecular weight excluding hydrogens is 266 g/mol. The molecule has 110 valence electrons. The molecule has 2 rings (SSSR count). The van der Waals surface area contributed by atoms with E-state index in [2.05, 4.69) is 0 Å². The summed E-state index contributed by atoms with van der Waals surface area (Å²) in [7, 11) is 0. The highest BCUT2D eigenvalue weighted by Gasteiger charge is 1.96. The normalized spacial score (nSPS) is 11.0. The van der Waals surface area contributed by atoms with Crippen molar-refractivity contribution in [3.05, 3.63) is 64.1 Å². The van der Waals surface area contributed by atoms with E-state index in [9.17, 15) is 4.79 Å². The lowest BCUT2D eigenvalue weighted by atomic mass is 10.1. The highest BCUT2D eigenvalue weighted by Crippen LogP contribution is 2.14. The first-order valence-corrected chi connectivity index (χ1v) is 6.95. The summed E-state index contributed by atoms with van der Waals surface area (Å²) in [5, 5.41) is 8.84. The first-order chi connectivity index (χ1) is 10.2. The predicted octanol–water partition coefficient (Wildman–Crippen LogP) is 2.41. The van der Waals surface area contributed by atoms with Crippen LogP contribution in [-0.4, -0.2) is 22.9 Å². The zero-order chi connectivity index (χ0) is 15.1. The summed E-state index contributed by atoms with van der Waals surface area (Å²) < 4.78 is 6.87. The number of aliphatic hydroxyl groups is 1. The van der Waals surface area contributed by atoms with Crippen molar-refractivity contribution in [1.29, 1.82) is 0 Å². The average Bonchev–Trinajstić information content (AvgIpc) is 2.49. The summed E-state index contributed by atoms with van der Waals surface area (Å²) in [5.74, 6) is 0.848. The number of rotatable bonds is 6. The Morgan fingerprint density at radius 2 is 1.86 bits per heavy atom. The molecule has 2 aromatic rings. The van der Waals surface area contributed by atoms with Gasteiger partial charge in [-0.2, -0.15) is 0 Å². The van der Waals surface area contributed by atoms with Gasteiger partial charge in [0, 0.05) is 18.8 Å². The summed E-state index contributed by atoms with van der Waals surface area (Å²) in [6.45, 7) is 2.88. The highest BCUT2D eigenvalue weighted by molar-refractivity contribution is 5.69. The molecule has 0 fully saturated rings. The second-order valence-corrected chi connectivity index (χ2v) is 4.55. The van der Waals surface area contributed by atoms with E-state index in [0.29, 0.717) is 13.2 Å². The quantitative estimate of drug-likeness (QED) is 0.886. The van der Waals surface area contributed by atoms with Gasteiger partial charge in [0.1, 0.15) is 5.75 Å². The van der Waals surface area contributed by atoms with E-state index in [4.69, 9.17) is 9.84 Å². The summed E-state index contributed by atoms with van der Waals surface area (Å²) in [4.78, 5) is 11.8. The van der Waals surface area contributed by atoms with Crippen molar-refractivity contribution in [3.8, 4) is 5.75 Å². The lowest BCUT2D eigenvalue weighted by Gasteiger charge is -2.03. The highest BCUT2D eigenvalue weighted by atomic mass is 16.5. The minimum atomic E-state index is -0.113. The second-order valence-electron chi connectivity index (χ2n) is 4.55. The molecule has 0 unspecified atom stereocenters. The molecule has 0 saturated heterocycles. The van der Waals surface area contributed by atoms with Crippen molar-refractivity contribution in [2.24, 2.45) is 0 Å². The van der Waals surface area contributed by atoms with Crippen LogP contribution in [0.3, 0.4) is 0 Å². The van der Waals surface area contributed by atoms with E-state index >= 15 is 0 Å². The Hall–Kier alpha value is -2.33. The van der Waals surface area contributed by atoms with Gasteiger partial charge < -0.3 is 14.4 Å². The van der Waals surface area contributed by atoms with Crippen LogP contribution in [0.4, 0.5) is 0 Å². The molecule has 0 aliphatic heterocycles. The van der Waals surface area contributed by atoms with Gasteiger partial charge in [0.25, 0.3) is 5.56 Å². The molecule has 1 heterocycles. The van der Waals surface area contributed by atoms with Gasteiger partial charge in [-0.25, -0.2) is 0 Å². The van der Waals surface area contributed by atoms with Crippen molar-refractivity contribution in [2.75, 3.05) is 13.2 Å². The molecule has 1 aromatic carbocycles. The Morgan fingerprint density at radius 1 is 1.14 bits per heavy atom. The molecule has 0 spiro atoms. The number of hydrogen-bond acceptors (Lipinski definition) is 3. The van der Waals surface area contributed by atoms with E-state index < -0.39 is 0 Å². The van der Waals surface area contributed by atoms with Crippen molar-refractivity contribution < 1.29 is 9.84 Å². The maximum atomic E-state index is 11.8. The minimum Gasteiger partial charge on any atom is -0.494 e. The van der Waals surface area contributed by atoms with E-state index in [1.807, 2.05) is 49.4 Å². The topological polar surface area (TPSA) is 51.5 Å². The van der Waals surface area contributed by atoms with E-state index in [0.717, 1.165) is 16.9 Å². The fourth-order valence-corrected chi connectivity index (χ4v) is 1.95. The van der Waals surface area contributed by atoms with Crippen LogP contribution in [0.25, 0.3) is 12.2 Å². The lowest BCUT2D eigenvalue weighted by Crippen LogP contribution is -2.20. The van der Waals surface area contributed by atoms with Crippen molar-refractivity contribution in [3.63, 3.8) is 0 Å². The molecule has 0 bridgehead atoms. The molecule has 0 aliphatic carbocycles. The van der Waals surface area contributed by atoms with Crippen LogP contribution in [0.1, 0.15) is 18.1 Å². The van der Waals surface area contributed by atoms with Crippen LogP contribution in [0, 0.1) is 0 Å². The third-order valence-electron chi connectivity index (χ3n) is 3.02. The van der Waals surface area contributed by atoms with Crippen LogP contribution in [0.5, 0.6) is 5.75 Å². The van der Waals surface area contributed by atoms with Crippen molar-refractivity contribution in [1.82, 2.24) is 4.57 Å². The Balaban J connectivity index is 2.10. The first kappa shape index (κ1) is 15.1. The third kappa shape index (κ3) is 4.33. The maximum Gasteiger partial charge on any atom is 0.251 e. The SMILES string of the molecule is CCOc1ccc(/C=C/c2ccn(CCO)c(=O)c2)cc1. The van der Waals surface area contributed by atoms with Crippen molar-refractivity contribution >= 4 is 12.2 Å². The summed E-state index contributed by atoms with van der Waals surface area (Å²) >= 11 is 0. The van der Waals surface area contributed by atoms with E-state index in [-0.39, 0.29) is 12.2 Å². The molecule has 0 aliphatic rings. The van der Waals surface area contributed by atoms with E-state index in [1.54, 1.807) is 12.3 Å². The van der Waals surface area contributed by atoms with Gasteiger partial charge in [0.05, 0.1) is 13.2 Å². The molecule has 0 saturated carbocycles. The summed E-state index contributed by atoms with van der Waals surface area (Å²) in [6.07, 6.45) is 5.53. The van der Waals surface area contributed by atoms with Gasteiger partial charge in [-0.05, 0) is 36.2 Å². The van der Waals surface area contributed by atoms with Gasteiger partial charge in [0.15, 0.2) is 0 Å². The molecular formula is C17H19NO3. The molecule has 0 atom stereocenters. The molecule has 1 N–H and O–H groups in total. The Labute approximate surface area is 123 Å². The fraction of sp³-hybridized carbons (Fsp3) is 0.235. The van der Waals surface area contributed by atoms with Crippen LogP contribution in [0.15, 0.2) is 47.4 Å². The zero-order valence-corrected chi connectivity index (χ0v) is 12.0. The molecule has 4 heteroatoms. The van der Waals surface area contributed by atoms with Gasteiger partial charge >= 0.3 is 0 Å². The monoisotopic (exact) mass is 285 g/mol. The maximum absolute atomic E-state index is 11.8. The van der Waals surface area contributed by atoms with Gasteiger partial charge in [0.2, 0.25) is 0 Å². The van der Waals surface area contributed by atoms with Gasteiger partial charge in [-0.15, -0.1) is 0 Å². The average molecular weight is 285 g/mol. The van der Waals surface area contributed by atoms with Gasteiger partial charge in [-0.3, -0.25) is 4.79 Å². The number of nitrogens with zero attached hydrogens (tertiary/aromatic N) is 1. The van der Waals surface area contributed by atoms with Gasteiger partial charge in [-0.1, -0.05) is 24.3 Å². The smallest absolute Gasteiger partial charge is 0.251 e. The molecule has 21 heavy (non-hydrogen) atoms. The predicted molar refractivity (Wildman–Crippen MR) is 84.3 cm³/mol. The van der Waals surface area contributed by atoms with Crippen LogP contribution in [-0.2, 0) is 6.54 Å². The number of aromatic nitrogens is 1. The molecule has 0 radical (unpaired) electrons. The molecule has 0 amide bonds. The largest absolute Gasteiger partial charge is 0.494 e. The Kier molecular flexibility index (Phi) is 5.35. The zero-order valence-electron chi connectivity index (χ0n) is 12.0. The fourth-order valence-electron chi connectivity index (χ4n) is 1.95. The number of ether oxygens (including phenoxy) is 1. The first-order valence-electron chi connectivity index (χ1n) is 6.95. The number of pyridine rings is 1. The number of aliphatic hydroxyl groups excluding tert-OH is 1. The van der Waals surface area contributed by atoms with E-state index in [1.165, 1.54) is 4.57 Å². The summed E-state index contributed by atoms with van der Waals surface area (Å²) in [6, 6.07) is 11.2. The third-order valence-corrected chi connectivity index (χ3v) is 3.02. The lowest BCUT2D eigenvalue weighted by molar-refractivity contribution is 0.274. The second kappa shape index (κ2) is 7.45. The number of hydrogen-bond donors (Lipinski definition) is 1. The standard InChI is InChI=1S/C17H19NO3/c1-2-21-16-7-5-14(6-8-16)3-4-15-9-10-18(11-12-19)17(20)13-15/h3-10,13,19H,2,11-12H2,1H3/b4-3+. The Bertz CT molecular complexity index is 656. The molecule has 4 nitrogen and oxygen atoms in total. The number of benzene rings is 1. The summed E-state index contributed by atoms with van der Waals surface area (Å²) in [5.41, 5.74) is 1.76. The Morgan fingerprint density at radius 3 is 2.48 bits per heavy atom. The van der Waals surface area contributed by atoms with Crippen LogP contribution in [0.2, 0.25) is 0 Å². The molecule has 1 aromatic heterocycles. The minimum absolute atomic E-state index is 0.0404. The van der Waals surface area contributed by atoms with Crippen molar-refractivity contribution in [2.45, 2.75) is 13.5 Å².